The number of carboxylic acid groups (broad SMARTS) is 1. The van der Waals surface area contributed by atoms with Crippen molar-refractivity contribution in [3.63, 3.8) is 0 Å². The minimum Gasteiger partial charge on any atom is -0.480 e. The SMILES string of the molecule is Cc1nc2scc(C3CC3)c2c(=O)n1CC(=O)O. The Bertz CT molecular complexity index is 697. The van der Waals surface area contributed by atoms with Gasteiger partial charge in [-0.1, -0.05) is 0 Å². The van der Waals surface area contributed by atoms with E-state index in [4.69, 9.17) is 5.11 Å². The summed E-state index contributed by atoms with van der Waals surface area (Å²) in [6.45, 7) is 1.34. The zero-order valence-corrected chi connectivity index (χ0v) is 10.7. The van der Waals surface area contributed by atoms with Gasteiger partial charge in [-0.05, 0) is 36.6 Å². The molecule has 0 spiro atoms. The third kappa shape index (κ3) is 1.73. The number of thiophene rings is 1. The Morgan fingerprint density at radius 2 is 2.33 bits per heavy atom. The lowest BCUT2D eigenvalue weighted by molar-refractivity contribution is -0.137. The van der Waals surface area contributed by atoms with Crippen molar-refractivity contribution in [1.82, 2.24) is 9.55 Å². The van der Waals surface area contributed by atoms with E-state index in [0.717, 1.165) is 23.2 Å². The lowest BCUT2D eigenvalue weighted by Crippen LogP contribution is -2.27. The van der Waals surface area contributed by atoms with Gasteiger partial charge in [0.2, 0.25) is 0 Å². The van der Waals surface area contributed by atoms with Crippen LogP contribution in [0.3, 0.4) is 0 Å². The number of carboxylic acids is 1. The van der Waals surface area contributed by atoms with Crippen LogP contribution < -0.4 is 5.56 Å². The average Bonchev–Trinajstić information content (AvgIpc) is 3.05. The lowest BCUT2D eigenvalue weighted by atomic mass is 10.1. The van der Waals surface area contributed by atoms with Crippen LogP contribution in [0.15, 0.2) is 10.2 Å². The Morgan fingerprint density at radius 1 is 1.61 bits per heavy atom. The van der Waals surface area contributed by atoms with Crippen molar-refractivity contribution in [2.75, 3.05) is 0 Å². The molecule has 0 atom stereocenters. The second kappa shape index (κ2) is 3.91. The summed E-state index contributed by atoms with van der Waals surface area (Å²) in [6, 6.07) is 0. The summed E-state index contributed by atoms with van der Waals surface area (Å²) in [5.74, 6) is -0.0992. The van der Waals surface area contributed by atoms with Gasteiger partial charge in [0.25, 0.3) is 5.56 Å². The highest BCUT2D eigenvalue weighted by molar-refractivity contribution is 7.16. The largest absolute Gasteiger partial charge is 0.480 e. The third-order valence-electron chi connectivity index (χ3n) is 3.22. The second-order valence-corrected chi connectivity index (χ2v) is 5.45. The first-order valence-electron chi connectivity index (χ1n) is 5.78. The van der Waals surface area contributed by atoms with E-state index in [-0.39, 0.29) is 12.1 Å². The van der Waals surface area contributed by atoms with Crippen molar-refractivity contribution in [3.05, 3.63) is 27.1 Å². The van der Waals surface area contributed by atoms with Crippen LogP contribution in [0.4, 0.5) is 0 Å². The quantitative estimate of drug-likeness (QED) is 0.916. The third-order valence-corrected chi connectivity index (χ3v) is 4.11. The van der Waals surface area contributed by atoms with Crippen LogP contribution in [-0.4, -0.2) is 20.6 Å². The maximum absolute atomic E-state index is 12.4. The van der Waals surface area contributed by atoms with Crippen molar-refractivity contribution >= 4 is 27.5 Å². The predicted octanol–water partition coefficient (Wildman–Crippen LogP) is 1.73. The standard InChI is InChI=1S/C12H12N2O3S/c1-6-13-11-10(8(5-18-11)7-2-3-7)12(17)14(6)4-9(15)16/h5,7H,2-4H2,1H3,(H,15,16). The van der Waals surface area contributed by atoms with E-state index >= 15 is 0 Å². The molecule has 0 bridgehead atoms. The number of fused-ring (bicyclic) bond motifs is 1. The van der Waals surface area contributed by atoms with Crippen molar-refractivity contribution in [3.8, 4) is 0 Å². The zero-order valence-electron chi connectivity index (χ0n) is 9.84. The highest BCUT2D eigenvalue weighted by atomic mass is 32.1. The summed E-state index contributed by atoms with van der Waals surface area (Å²) in [5.41, 5.74) is 0.828. The van der Waals surface area contributed by atoms with Crippen LogP contribution in [0.25, 0.3) is 10.2 Å². The maximum atomic E-state index is 12.4. The van der Waals surface area contributed by atoms with Gasteiger partial charge in [-0.15, -0.1) is 11.3 Å². The van der Waals surface area contributed by atoms with Crippen molar-refractivity contribution in [2.45, 2.75) is 32.2 Å². The molecule has 3 rings (SSSR count). The van der Waals surface area contributed by atoms with Gasteiger partial charge in [-0.2, -0.15) is 0 Å². The average molecular weight is 264 g/mol. The van der Waals surface area contributed by atoms with Gasteiger partial charge in [0.15, 0.2) is 0 Å². The molecule has 0 aromatic carbocycles. The van der Waals surface area contributed by atoms with Crippen molar-refractivity contribution in [2.24, 2.45) is 0 Å². The minimum atomic E-state index is -1.02. The second-order valence-electron chi connectivity index (χ2n) is 4.59. The van der Waals surface area contributed by atoms with Gasteiger partial charge in [-0.25, -0.2) is 4.98 Å². The first-order chi connectivity index (χ1) is 8.58. The summed E-state index contributed by atoms with van der Waals surface area (Å²) < 4.78 is 1.24. The Hall–Kier alpha value is -1.69. The van der Waals surface area contributed by atoms with E-state index in [2.05, 4.69) is 4.98 Å². The van der Waals surface area contributed by atoms with Crippen molar-refractivity contribution in [1.29, 1.82) is 0 Å². The fraction of sp³-hybridized carbons (Fsp3) is 0.417. The topological polar surface area (TPSA) is 72.2 Å². The first-order valence-corrected chi connectivity index (χ1v) is 6.66. The van der Waals surface area contributed by atoms with Gasteiger partial charge >= 0.3 is 5.97 Å². The van der Waals surface area contributed by atoms with Crippen LogP contribution in [-0.2, 0) is 11.3 Å². The molecule has 1 aliphatic carbocycles. The first kappa shape index (κ1) is 11.4. The Labute approximate surface area is 107 Å². The molecular weight excluding hydrogens is 252 g/mol. The van der Waals surface area contributed by atoms with Gasteiger partial charge in [0, 0.05) is 0 Å². The molecule has 0 aliphatic heterocycles. The van der Waals surface area contributed by atoms with E-state index in [1.54, 1.807) is 6.92 Å². The van der Waals surface area contributed by atoms with Gasteiger partial charge in [0.1, 0.15) is 17.2 Å². The Morgan fingerprint density at radius 3 is 2.94 bits per heavy atom. The summed E-state index contributed by atoms with van der Waals surface area (Å²) in [6.07, 6.45) is 2.22. The molecule has 0 radical (unpaired) electrons. The molecule has 5 nitrogen and oxygen atoms in total. The summed E-state index contributed by atoms with van der Waals surface area (Å²) in [7, 11) is 0. The lowest BCUT2D eigenvalue weighted by Gasteiger charge is -2.06. The van der Waals surface area contributed by atoms with Crippen molar-refractivity contribution < 1.29 is 9.90 Å². The number of aromatic nitrogens is 2. The van der Waals surface area contributed by atoms with Crippen LogP contribution in [0.5, 0.6) is 0 Å². The molecule has 94 valence electrons. The fourth-order valence-corrected chi connectivity index (χ4v) is 3.22. The molecular formula is C12H12N2O3S. The molecule has 6 heteroatoms. The number of hydrogen-bond acceptors (Lipinski definition) is 4. The fourth-order valence-electron chi connectivity index (χ4n) is 2.16. The molecule has 1 saturated carbocycles. The number of aliphatic carboxylic acids is 1. The normalized spacial score (nSPS) is 15.2. The molecule has 0 amide bonds. The highest BCUT2D eigenvalue weighted by Crippen LogP contribution is 2.43. The highest BCUT2D eigenvalue weighted by Gasteiger charge is 2.28. The van der Waals surface area contributed by atoms with Gasteiger partial charge in [0.05, 0.1) is 5.39 Å². The van der Waals surface area contributed by atoms with E-state index in [0.29, 0.717) is 17.1 Å². The number of rotatable bonds is 3. The molecule has 1 N–H and O–H groups in total. The van der Waals surface area contributed by atoms with Crippen LogP contribution >= 0.6 is 11.3 Å². The number of carbonyl (C=O) groups is 1. The number of nitrogens with zero attached hydrogens (tertiary/aromatic N) is 2. The van der Waals surface area contributed by atoms with Crippen LogP contribution in [0, 0.1) is 6.92 Å². The molecule has 0 saturated heterocycles. The molecule has 2 aromatic rings. The monoisotopic (exact) mass is 264 g/mol. The molecule has 1 aliphatic rings. The van der Waals surface area contributed by atoms with Crippen LogP contribution in [0.1, 0.15) is 30.1 Å². The molecule has 18 heavy (non-hydrogen) atoms. The zero-order chi connectivity index (χ0) is 12.9. The molecule has 0 unspecified atom stereocenters. The smallest absolute Gasteiger partial charge is 0.323 e. The minimum absolute atomic E-state index is 0.219. The predicted molar refractivity (Wildman–Crippen MR) is 68.2 cm³/mol. The Kier molecular flexibility index (Phi) is 2.48. The number of aryl methyl sites for hydroxylation is 1. The molecule has 2 aromatic heterocycles. The summed E-state index contributed by atoms with van der Waals surface area (Å²) in [4.78, 5) is 28.2. The van der Waals surface area contributed by atoms with E-state index in [9.17, 15) is 9.59 Å². The maximum Gasteiger partial charge on any atom is 0.323 e. The summed E-state index contributed by atoms with van der Waals surface area (Å²) >= 11 is 1.47. The van der Waals surface area contributed by atoms with Gasteiger partial charge in [-0.3, -0.25) is 14.2 Å². The molecule has 2 heterocycles. The summed E-state index contributed by atoms with van der Waals surface area (Å²) in [5, 5.41) is 11.5. The molecule has 1 fully saturated rings. The van der Waals surface area contributed by atoms with E-state index < -0.39 is 5.97 Å². The van der Waals surface area contributed by atoms with E-state index in [1.165, 1.54) is 15.9 Å². The van der Waals surface area contributed by atoms with E-state index in [1.807, 2.05) is 5.38 Å². The van der Waals surface area contributed by atoms with Crippen LogP contribution in [0.2, 0.25) is 0 Å². The van der Waals surface area contributed by atoms with Gasteiger partial charge < -0.3 is 5.11 Å². The Balaban J connectivity index is 2.27. The number of hydrogen-bond donors (Lipinski definition) is 1.